The van der Waals surface area contributed by atoms with Crippen molar-refractivity contribution in [2.24, 2.45) is 0 Å². The summed E-state index contributed by atoms with van der Waals surface area (Å²) in [5, 5.41) is 10.6. The van der Waals surface area contributed by atoms with E-state index in [4.69, 9.17) is 0 Å². The fraction of sp³-hybridized carbons (Fsp3) is 0.158. The number of fused-ring (bicyclic) bond motifs is 2. The molecule has 4 nitrogen and oxygen atoms in total. The molecule has 2 aromatic heterocycles. The van der Waals surface area contributed by atoms with E-state index in [9.17, 15) is 9.90 Å². The number of carbonyl (C=O) groups is 1. The number of nitrogens with one attached hydrogen (secondary N) is 1. The Bertz CT molecular complexity index is 937. The molecule has 1 aliphatic rings. The summed E-state index contributed by atoms with van der Waals surface area (Å²) in [6, 6.07) is 9.79. The Morgan fingerprint density at radius 1 is 1.22 bits per heavy atom. The van der Waals surface area contributed by atoms with Crippen LogP contribution >= 0.6 is 0 Å². The first kappa shape index (κ1) is 13.8. The van der Waals surface area contributed by atoms with Crippen molar-refractivity contribution in [3.05, 3.63) is 65.0 Å². The third kappa shape index (κ3) is 2.42. The average molecular weight is 304 g/mol. The van der Waals surface area contributed by atoms with Crippen molar-refractivity contribution in [3.63, 3.8) is 0 Å². The second-order valence-corrected chi connectivity index (χ2v) is 5.84. The van der Waals surface area contributed by atoms with Gasteiger partial charge in [0.2, 0.25) is 0 Å². The van der Waals surface area contributed by atoms with Crippen LogP contribution in [0, 0.1) is 0 Å². The topological polar surface area (TPSA) is 66.0 Å². The van der Waals surface area contributed by atoms with Gasteiger partial charge in [-0.2, -0.15) is 0 Å². The van der Waals surface area contributed by atoms with Crippen LogP contribution < -0.4 is 0 Å². The normalized spacial score (nSPS) is 14.2. The second-order valence-electron chi connectivity index (χ2n) is 5.84. The van der Waals surface area contributed by atoms with Gasteiger partial charge in [0.25, 0.3) is 0 Å². The Labute approximate surface area is 133 Å². The SMILES string of the molecule is O=C(O)/C(=C\c1c[nH]c2ncccc12)c1ccc2c(c1)CCC2. The molecule has 0 aliphatic heterocycles. The van der Waals surface area contributed by atoms with Gasteiger partial charge in [-0.1, -0.05) is 18.2 Å². The summed E-state index contributed by atoms with van der Waals surface area (Å²) in [4.78, 5) is 19.1. The van der Waals surface area contributed by atoms with Crippen molar-refractivity contribution < 1.29 is 9.90 Å². The van der Waals surface area contributed by atoms with Crippen LogP contribution in [0.25, 0.3) is 22.7 Å². The van der Waals surface area contributed by atoms with E-state index in [2.05, 4.69) is 16.0 Å². The molecule has 3 aromatic rings. The lowest BCUT2D eigenvalue weighted by molar-refractivity contribution is -0.130. The highest BCUT2D eigenvalue weighted by atomic mass is 16.4. The summed E-state index contributed by atoms with van der Waals surface area (Å²) in [5.74, 6) is -0.916. The summed E-state index contributed by atoms with van der Waals surface area (Å²) in [7, 11) is 0. The quantitative estimate of drug-likeness (QED) is 0.725. The van der Waals surface area contributed by atoms with Gasteiger partial charge in [0.05, 0.1) is 5.57 Å². The number of H-pyrrole nitrogens is 1. The number of hydrogen-bond donors (Lipinski definition) is 2. The molecule has 0 amide bonds. The maximum absolute atomic E-state index is 11.8. The van der Waals surface area contributed by atoms with E-state index in [1.807, 2.05) is 24.3 Å². The van der Waals surface area contributed by atoms with Gasteiger partial charge in [-0.05, 0) is 54.2 Å². The number of nitrogens with zero attached hydrogens (tertiary/aromatic N) is 1. The van der Waals surface area contributed by atoms with E-state index >= 15 is 0 Å². The van der Waals surface area contributed by atoms with Crippen molar-refractivity contribution in [2.45, 2.75) is 19.3 Å². The van der Waals surface area contributed by atoms with Crippen molar-refractivity contribution in [2.75, 3.05) is 0 Å². The van der Waals surface area contributed by atoms with Crippen molar-refractivity contribution >= 4 is 28.7 Å². The molecule has 114 valence electrons. The Morgan fingerprint density at radius 2 is 2.09 bits per heavy atom. The largest absolute Gasteiger partial charge is 0.478 e. The van der Waals surface area contributed by atoms with Gasteiger partial charge in [0.1, 0.15) is 5.65 Å². The zero-order chi connectivity index (χ0) is 15.8. The van der Waals surface area contributed by atoms with Gasteiger partial charge < -0.3 is 10.1 Å². The number of benzene rings is 1. The molecule has 0 atom stereocenters. The van der Waals surface area contributed by atoms with Gasteiger partial charge in [0.15, 0.2) is 0 Å². The lowest BCUT2D eigenvalue weighted by Crippen LogP contribution is -2.00. The number of aryl methyl sites for hydroxylation is 2. The number of carboxylic acid groups (broad SMARTS) is 1. The zero-order valence-electron chi connectivity index (χ0n) is 12.5. The first-order chi connectivity index (χ1) is 11.2. The van der Waals surface area contributed by atoms with E-state index in [0.717, 1.165) is 41.4 Å². The molecular formula is C19H16N2O2. The molecule has 0 bridgehead atoms. The number of pyridine rings is 1. The molecule has 0 saturated heterocycles. The van der Waals surface area contributed by atoms with Crippen molar-refractivity contribution in [1.29, 1.82) is 0 Å². The Hall–Kier alpha value is -2.88. The summed E-state index contributed by atoms with van der Waals surface area (Å²) in [6.45, 7) is 0. The second kappa shape index (κ2) is 5.39. The zero-order valence-corrected chi connectivity index (χ0v) is 12.5. The number of hydrogen-bond acceptors (Lipinski definition) is 2. The van der Waals surface area contributed by atoms with Gasteiger partial charge in [0, 0.05) is 23.3 Å². The number of rotatable bonds is 3. The number of aliphatic carboxylic acids is 1. The third-order valence-electron chi connectivity index (χ3n) is 4.42. The van der Waals surface area contributed by atoms with Gasteiger partial charge in [-0.3, -0.25) is 0 Å². The van der Waals surface area contributed by atoms with Crippen molar-refractivity contribution in [3.8, 4) is 0 Å². The molecule has 0 fully saturated rings. The fourth-order valence-electron chi connectivity index (χ4n) is 3.26. The summed E-state index contributed by atoms with van der Waals surface area (Å²) in [5.41, 5.74) is 5.29. The molecule has 1 aliphatic carbocycles. The smallest absolute Gasteiger partial charge is 0.336 e. The van der Waals surface area contributed by atoms with Crippen LogP contribution in [-0.4, -0.2) is 21.0 Å². The molecule has 4 heteroatoms. The minimum absolute atomic E-state index is 0.310. The molecule has 2 N–H and O–H groups in total. The Kier molecular flexibility index (Phi) is 3.23. The van der Waals surface area contributed by atoms with Gasteiger partial charge in [-0.15, -0.1) is 0 Å². The van der Waals surface area contributed by atoms with Crippen LogP contribution in [0.3, 0.4) is 0 Å². The lowest BCUT2D eigenvalue weighted by Gasteiger charge is -2.06. The molecule has 2 heterocycles. The number of aromatic amines is 1. The minimum Gasteiger partial charge on any atom is -0.478 e. The standard InChI is InChI=1S/C19H16N2O2/c22-19(23)17(14-7-6-12-3-1-4-13(12)9-14)10-15-11-21-18-16(15)5-2-8-20-18/h2,5-11H,1,3-4H2,(H,20,21)(H,22,23)/b17-10-. The summed E-state index contributed by atoms with van der Waals surface area (Å²) < 4.78 is 0. The summed E-state index contributed by atoms with van der Waals surface area (Å²) in [6.07, 6.45) is 8.51. The fourth-order valence-corrected chi connectivity index (χ4v) is 3.26. The number of carboxylic acids is 1. The highest BCUT2D eigenvalue weighted by molar-refractivity contribution is 6.21. The first-order valence-electron chi connectivity index (χ1n) is 7.71. The molecule has 0 spiro atoms. The van der Waals surface area contributed by atoms with Crippen LogP contribution in [0.5, 0.6) is 0 Å². The van der Waals surface area contributed by atoms with E-state index in [1.54, 1.807) is 18.5 Å². The van der Waals surface area contributed by atoms with E-state index in [-0.39, 0.29) is 0 Å². The molecule has 4 rings (SSSR count). The van der Waals surface area contributed by atoms with Crippen LogP contribution in [0.2, 0.25) is 0 Å². The Morgan fingerprint density at radius 3 is 2.96 bits per heavy atom. The Balaban J connectivity index is 1.83. The maximum Gasteiger partial charge on any atom is 0.336 e. The molecule has 23 heavy (non-hydrogen) atoms. The molecule has 1 aromatic carbocycles. The van der Waals surface area contributed by atoms with E-state index in [0.29, 0.717) is 5.57 Å². The molecule has 0 radical (unpaired) electrons. The average Bonchev–Trinajstić information content (AvgIpc) is 3.18. The maximum atomic E-state index is 11.8. The van der Waals surface area contributed by atoms with Crippen LogP contribution in [-0.2, 0) is 17.6 Å². The predicted molar refractivity (Wildman–Crippen MR) is 90.1 cm³/mol. The van der Waals surface area contributed by atoms with Gasteiger partial charge in [-0.25, -0.2) is 9.78 Å². The highest BCUT2D eigenvalue weighted by Crippen LogP contribution is 2.28. The monoisotopic (exact) mass is 304 g/mol. The lowest BCUT2D eigenvalue weighted by atomic mass is 9.99. The number of aromatic nitrogens is 2. The van der Waals surface area contributed by atoms with Crippen LogP contribution in [0.1, 0.15) is 28.7 Å². The van der Waals surface area contributed by atoms with Crippen molar-refractivity contribution in [1.82, 2.24) is 9.97 Å². The molecule has 0 saturated carbocycles. The first-order valence-corrected chi connectivity index (χ1v) is 7.71. The minimum atomic E-state index is -0.916. The highest BCUT2D eigenvalue weighted by Gasteiger charge is 2.16. The molecule has 0 unspecified atom stereocenters. The predicted octanol–water partition coefficient (Wildman–Crippen LogP) is 3.68. The van der Waals surface area contributed by atoms with E-state index < -0.39 is 5.97 Å². The third-order valence-corrected chi connectivity index (χ3v) is 4.42. The van der Waals surface area contributed by atoms with Crippen LogP contribution in [0.4, 0.5) is 0 Å². The molecular weight excluding hydrogens is 288 g/mol. The van der Waals surface area contributed by atoms with Gasteiger partial charge >= 0.3 is 5.97 Å². The van der Waals surface area contributed by atoms with Crippen LogP contribution in [0.15, 0.2) is 42.7 Å². The summed E-state index contributed by atoms with van der Waals surface area (Å²) >= 11 is 0. The van der Waals surface area contributed by atoms with E-state index in [1.165, 1.54) is 11.1 Å².